The second-order valence-electron chi connectivity index (χ2n) is 6.90. The molecule has 0 amide bonds. The lowest BCUT2D eigenvalue weighted by Gasteiger charge is -2.15. The molecule has 1 N–H and O–H groups in total. The predicted molar refractivity (Wildman–Crippen MR) is 110 cm³/mol. The fourth-order valence-electron chi connectivity index (χ4n) is 3.43. The van der Waals surface area contributed by atoms with Crippen molar-refractivity contribution in [3.05, 3.63) is 66.4 Å². The molecule has 152 valence electrons. The first-order chi connectivity index (χ1) is 13.9. The molecule has 0 radical (unpaired) electrons. The number of hydrogen-bond donors (Lipinski definition) is 1. The molecule has 9 heteroatoms. The van der Waals surface area contributed by atoms with Gasteiger partial charge in [-0.25, -0.2) is 21.6 Å². The highest BCUT2D eigenvalue weighted by atomic mass is 32.2. The number of hydrogen-bond acceptors (Lipinski definition) is 5. The van der Waals surface area contributed by atoms with E-state index >= 15 is 0 Å². The van der Waals surface area contributed by atoms with Gasteiger partial charge in [0.2, 0.25) is 20.0 Å². The van der Waals surface area contributed by atoms with Crippen molar-refractivity contribution in [1.29, 1.82) is 0 Å². The van der Waals surface area contributed by atoms with Gasteiger partial charge < -0.3 is 0 Å². The minimum absolute atomic E-state index is 0.0195. The molecule has 0 spiro atoms. The molecule has 1 saturated heterocycles. The molecule has 2 aromatic carbocycles. The van der Waals surface area contributed by atoms with Crippen molar-refractivity contribution in [3.63, 3.8) is 0 Å². The summed E-state index contributed by atoms with van der Waals surface area (Å²) < 4.78 is 54.5. The lowest BCUT2D eigenvalue weighted by molar-refractivity contribution is 0.477. The fourth-order valence-corrected chi connectivity index (χ4v) is 5.96. The molecule has 0 saturated carbocycles. The highest BCUT2D eigenvalue weighted by molar-refractivity contribution is 7.89. The SMILES string of the molecule is O=S(=O)(NCc1cccc2cccnc12)c1ccc(S(=O)(=O)N2CCCC2)cc1. The quantitative estimate of drug-likeness (QED) is 0.647. The van der Waals surface area contributed by atoms with Gasteiger partial charge in [0, 0.05) is 31.2 Å². The van der Waals surface area contributed by atoms with Crippen molar-refractivity contribution < 1.29 is 16.8 Å². The summed E-state index contributed by atoms with van der Waals surface area (Å²) in [5.41, 5.74) is 1.50. The van der Waals surface area contributed by atoms with Crippen molar-refractivity contribution in [2.75, 3.05) is 13.1 Å². The summed E-state index contributed by atoms with van der Waals surface area (Å²) in [6, 6.07) is 14.7. The van der Waals surface area contributed by atoms with Gasteiger partial charge >= 0.3 is 0 Å². The molecular formula is C20H21N3O4S2. The van der Waals surface area contributed by atoms with Crippen molar-refractivity contribution in [2.24, 2.45) is 0 Å². The van der Waals surface area contributed by atoms with Gasteiger partial charge in [0.05, 0.1) is 15.3 Å². The Balaban J connectivity index is 1.53. The van der Waals surface area contributed by atoms with Crippen LogP contribution in [0.15, 0.2) is 70.6 Å². The number of pyridine rings is 1. The Morgan fingerprint density at radius 3 is 2.24 bits per heavy atom. The van der Waals surface area contributed by atoms with E-state index in [1.54, 1.807) is 6.20 Å². The van der Waals surface area contributed by atoms with Crippen LogP contribution in [0.25, 0.3) is 10.9 Å². The van der Waals surface area contributed by atoms with E-state index in [4.69, 9.17) is 0 Å². The average molecular weight is 432 g/mol. The first-order valence-electron chi connectivity index (χ1n) is 9.30. The van der Waals surface area contributed by atoms with Crippen LogP contribution in [0.3, 0.4) is 0 Å². The van der Waals surface area contributed by atoms with Crippen LogP contribution in [0.2, 0.25) is 0 Å². The Hall–Kier alpha value is -2.33. The molecule has 0 atom stereocenters. The lowest BCUT2D eigenvalue weighted by Crippen LogP contribution is -2.28. The molecule has 1 aromatic heterocycles. The van der Waals surface area contributed by atoms with Crippen LogP contribution in [0.1, 0.15) is 18.4 Å². The zero-order valence-corrected chi connectivity index (χ0v) is 17.3. The van der Waals surface area contributed by atoms with E-state index in [1.807, 2.05) is 30.3 Å². The molecule has 1 fully saturated rings. The largest absolute Gasteiger partial charge is 0.256 e. The predicted octanol–water partition coefficient (Wildman–Crippen LogP) is 2.50. The average Bonchev–Trinajstić information content (AvgIpc) is 3.28. The fraction of sp³-hybridized carbons (Fsp3) is 0.250. The third-order valence-electron chi connectivity index (χ3n) is 5.01. The Kier molecular flexibility index (Phi) is 5.39. The first kappa shape index (κ1) is 20.0. The lowest BCUT2D eigenvalue weighted by atomic mass is 10.1. The van der Waals surface area contributed by atoms with Crippen LogP contribution in [-0.2, 0) is 26.6 Å². The van der Waals surface area contributed by atoms with Gasteiger partial charge in [0.25, 0.3) is 0 Å². The maximum Gasteiger partial charge on any atom is 0.243 e. The molecule has 2 heterocycles. The monoisotopic (exact) mass is 431 g/mol. The second-order valence-corrected chi connectivity index (χ2v) is 10.6. The van der Waals surface area contributed by atoms with E-state index in [9.17, 15) is 16.8 Å². The zero-order chi connectivity index (χ0) is 20.5. The van der Waals surface area contributed by atoms with Gasteiger partial charge in [-0.3, -0.25) is 4.98 Å². The van der Waals surface area contributed by atoms with Gasteiger partial charge in [-0.2, -0.15) is 4.31 Å². The Labute approximate surface area is 170 Å². The molecule has 0 unspecified atom stereocenters. The molecule has 7 nitrogen and oxygen atoms in total. The Morgan fingerprint density at radius 1 is 0.862 bits per heavy atom. The molecule has 0 bridgehead atoms. The van der Waals surface area contributed by atoms with E-state index in [2.05, 4.69) is 9.71 Å². The smallest absolute Gasteiger partial charge is 0.243 e. The van der Waals surface area contributed by atoms with E-state index in [1.165, 1.54) is 28.6 Å². The van der Waals surface area contributed by atoms with Gasteiger partial charge in [0.15, 0.2) is 0 Å². The summed E-state index contributed by atoms with van der Waals surface area (Å²) in [5.74, 6) is 0. The number of aromatic nitrogens is 1. The molecule has 29 heavy (non-hydrogen) atoms. The topological polar surface area (TPSA) is 96.4 Å². The van der Waals surface area contributed by atoms with E-state index in [-0.39, 0.29) is 16.3 Å². The van der Waals surface area contributed by atoms with Gasteiger partial charge in [-0.15, -0.1) is 0 Å². The van der Waals surface area contributed by atoms with Gasteiger partial charge in [-0.05, 0) is 48.7 Å². The summed E-state index contributed by atoms with van der Waals surface area (Å²) in [5, 5.41) is 0.931. The summed E-state index contributed by atoms with van der Waals surface area (Å²) in [4.78, 5) is 4.45. The maximum atomic E-state index is 12.7. The van der Waals surface area contributed by atoms with Crippen LogP contribution >= 0.6 is 0 Å². The molecule has 4 rings (SSSR count). The van der Waals surface area contributed by atoms with Crippen molar-refractivity contribution in [3.8, 4) is 0 Å². The third kappa shape index (κ3) is 4.04. The van der Waals surface area contributed by atoms with Crippen LogP contribution in [0.5, 0.6) is 0 Å². The molecule has 0 aliphatic carbocycles. The highest BCUT2D eigenvalue weighted by Gasteiger charge is 2.27. The van der Waals surface area contributed by atoms with E-state index < -0.39 is 20.0 Å². The summed E-state index contributed by atoms with van der Waals surface area (Å²) in [6.07, 6.45) is 3.36. The second kappa shape index (κ2) is 7.83. The van der Waals surface area contributed by atoms with Gasteiger partial charge in [-0.1, -0.05) is 24.3 Å². The Morgan fingerprint density at radius 2 is 1.52 bits per heavy atom. The van der Waals surface area contributed by atoms with Crippen LogP contribution < -0.4 is 4.72 Å². The number of nitrogens with one attached hydrogen (secondary N) is 1. The maximum absolute atomic E-state index is 12.7. The summed E-state index contributed by atoms with van der Waals surface area (Å²) >= 11 is 0. The van der Waals surface area contributed by atoms with Crippen molar-refractivity contribution in [1.82, 2.24) is 14.0 Å². The van der Waals surface area contributed by atoms with Crippen LogP contribution in [0, 0.1) is 0 Å². The summed E-state index contributed by atoms with van der Waals surface area (Å²) in [7, 11) is -7.37. The number of para-hydroxylation sites is 1. The molecular weight excluding hydrogens is 410 g/mol. The summed E-state index contributed by atoms with van der Waals surface area (Å²) in [6.45, 7) is 1.09. The van der Waals surface area contributed by atoms with Crippen molar-refractivity contribution >= 4 is 30.9 Å². The molecule has 1 aliphatic rings. The third-order valence-corrected chi connectivity index (χ3v) is 8.34. The normalized spacial score (nSPS) is 15.7. The molecule has 1 aliphatic heterocycles. The minimum atomic E-state index is -3.79. The van der Waals surface area contributed by atoms with Crippen molar-refractivity contribution in [2.45, 2.75) is 29.2 Å². The number of nitrogens with zero attached hydrogens (tertiary/aromatic N) is 2. The number of benzene rings is 2. The van der Waals surface area contributed by atoms with Crippen LogP contribution in [-0.4, -0.2) is 39.2 Å². The number of sulfonamides is 2. The first-order valence-corrected chi connectivity index (χ1v) is 12.2. The number of fused-ring (bicyclic) bond motifs is 1. The highest BCUT2D eigenvalue weighted by Crippen LogP contribution is 2.22. The minimum Gasteiger partial charge on any atom is -0.256 e. The van der Waals surface area contributed by atoms with Gasteiger partial charge in [0.1, 0.15) is 0 Å². The molecule has 3 aromatic rings. The van der Waals surface area contributed by atoms with Crippen LogP contribution in [0.4, 0.5) is 0 Å². The standard InChI is InChI=1S/C20H21N3O4S2/c24-28(25,22-15-17-6-3-5-16-7-4-12-21-20(16)17)18-8-10-19(11-9-18)29(26,27)23-13-1-2-14-23/h3-12,22H,1-2,13-15H2. The van der Waals surface area contributed by atoms with E-state index in [0.717, 1.165) is 29.3 Å². The zero-order valence-electron chi connectivity index (χ0n) is 15.7. The number of rotatable bonds is 6. The van der Waals surface area contributed by atoms with E-state index in [0.29, 0.717) is 13.1 Å². The Bertz CT molecular complexity index is 1230.